The molecular weight excluding hydrogens is 282 g/mol. The van der Waals surface area contributed by atoms with Crippen LogP contribution < -0.4 is 4.74 Å². The van der Waals surface area contributed by atoms with E-state index in [2.05, 4.69) is 0 Å². The quantitative estimate of drug-likeness (QED) is 0.818. The third-order valence-corrected chi connectivity index (χ3v) is 4.26. The van der Waals surface area contributed by atoms with E-state index in [1.165, 1.54) is 0 Å². The molecule has 1 N–H and O–H groups in total. The van der Waals surface area contributed by atoms with Crippen LogP contribution in [0.4, 0.5) is 0 Å². The fourth-order valence-corrected chi connectivity index (χ4v) is 2.99. The number of nitrogens with zero attached hydrogens (tertiary/aromatic N) is 1. The van der Waals surface area contributed by atoms with Crippen molar-refractivity contribution in [1.29, 1.82) is 0 Å². The molecule has 22 heavy (non-hydrogen) atoms. The Morgan fingerprint density at radius 3 is 2.77 bits per heavy atom. The van der Waals surface area contributed by atoms with Gasteiger partial charge in [0.25, 0.3) is 0 Å². The van der Waals surface area contributed by atoms with Crippen molar-refractivity contribution < 1.29 is 19.4 Å². The van der Waals surface area contributed by atoms with Gasteiger partial charge in [0.1, 0.15) is 11.8 Å². The summed E-state index contributed by atoms with van der Waals surface area (Å²) >= 11 is 0. The third-order valence-electron chi connectivity index (χ3n) is 4.26. The maximum absolute atomic E-state index is 12.4. The van der Waals surface area contributed by atoms with Gasteiger partial charge in [-0.3, -0.25) is 14.5 Å². The second kappa shape index (κ2) is 7.40. The van der Waals surface area contributed by atoms with Gasteiger partial charge in [-0.1, -0.05) is 6.42 Å². The van der Waals surface area contributed by atoms with Crippen molar-refractivity contribution in [2.75, 3.05) is 20.2 Å². The topological polar surface area (TPSA) is 66.8 Å². The summed E-state index contributed by atoms with van der Waals surface area (Å²) in [6.45, 7) is 3.14. The molecule has 5 nitrogen and oxygen atoms in total. The molecule has 0 radical (unpaired) electrons. The summed E-state index contributed by atoms with van der Waals surface area (Å²) in [7, 11) is 1.60. The van der Waals surface area contributed by atoms with Crippen LogP contribution in [0, 0.1) is 6.92 Å². The number of hydrogen-bond acceptors (Lipinski definition) is 4. The molecule has 0 spiro atoms. The van der Waals surface area contributed by atoms with Crippen molar-refractivity contribution in [3.63, 3.8) is 0 Å². The number of Topliss-reactive ketones (excluding diaryl/α,β-unsaturated/α-hetero) is 1. The number of piperidine rings is 1. The minimum Gasteiger partial charge on any atom is -0.497 e. The number of carboxylic acids is 1. The van der Waals surface area contributed by atoms with Gasteiger partial charge < -0.3 is 9.84 Å². The molecule has 1 fully saturated rings. The molecule has 1 saturated heterocycles. The maximum atomic E-state index is 12.4. The summed E-state index contributed by atoms with van der Waals surface area (Å²) in [4.78, 5) is 25.6. The Hall–Kier alpha value is -1.88. The molecule has 1 aliphatic rings. The van der Waals surface area contributed by atoms with E-state index in [4.69, 9.17) is 4.74 Å². The summed E-state index contributed by atoms with van der Waals surface area (Å²) in [6.07, 6.45) is 2.96. The normalized spacial score (nSPS) is 18.9. The van der Waals surface area contributed by atoms with Gasteiger partial charge in [0.2, 0.25) is 0 Å². The van der Waals surface area contributed by atoms with Gasteiger partial charge in [-0.15, -0.1) is 0 Å². The summed E-state index contributed by atoms with van der Waals surface area (Å²) in [5.41, 5.74) is 1.57. The number of aryl methyl sites for hydroxylation is 1. The van der Waals surface area contributed by atoms with Gasteiger partial charge in [-0.05, 0) is 50.1 Å². The second-order valence-electron chi connectivity index (χ2n) is 5.74. The number of hydrogen-bond donors (Lipinski definition) is 1. The summed E-state index contributed by atoms with van der Waals surface area (Å²) < 4.78 is 5.14. The van der Waals surface area contributed by atoms with Crippen molar-refractivity contribution in [1.82, 2.24) is 4.90 Å². The minimum absolute atomic E-state index is 0.0508. The van der Waals surface area contributed by atoms with Gasteiger partial charge in [-0.2, -0.15) is 0 Å². The van der Waals surface area contributed by atoms with Crippen LogP contribution in [0.1, 0.15) is 41.6 Å². The highest BCUT2D eigenvalue weighted by Crippen LogP contribution is 2.20. The number of carbonyl (C=O) groups excluding carboxylic acids is 1. The molecule has 1 atom stereocenters. The van der Waals surface area contributed by atoms with Crippen molar-refractivity contribution in [3.05, 3.63) is 29.3 Å². The average Bonchev–Trinajstić information content (AvgIpc) is 2.52. The SMILES string of the molecule is COc1ccc(C(=O)CCN2CCCCC2C(=O)O)c(C)c1. The Morgan fingerprint density at radius 2 is 2.14 bits per heavy atom. The zero-order chi connectivity index (χ0) is 16.1. The fraction of sp³-hybridized carbons (Fsp3) is 0.529. The lowest BCUT2D eigenvalue weighted by molar-refractivity contribution is -0.144. The number of carbonyl (C=O) groups is 2. The van der Waals surface area contributed by atoms with Crippen molar-refractivity contribution >= 4 is 11.8 Å². The van der Waals surface area contributed by atoms with E-state index in [9.17, 15) is 14.7 Å². The number of carboxylic acid groups (broad SMARTS) is 1. The molecule has 1 heterocycles. The van der Waals surface area contributed by atoms with E-state index in [0.29, 0.717) is 24.9 Å². The van der Waals surface area contributed by atoms with E-state index in [-0.39, 0.29) is 5.78 Å². The van der Waals surface area contributed by atoms with Crippen molar-refractivity contribution in [3.8, 4) is 5.75 Å². The number of aliphatic carboxylic acids is 1. The largest absolute Gasteiger partial charge is 0.497 e. The monoisotopic (exact) mass is 305 g/mol. The first-order chi connectivity index (χ1) is 10.5. The van der Waals surface area contributed by atoms with E-state index >= 15 is 0 Å². The Labute approximate surface area is 130 Å². The van der Waals surface area contributed by atoms with Crippen LogP contribution in [0.25, 0.3) is 0 Å². The van der Waals surface area contributed by atoms with Crippen LogP contribution >= 0.6 is 0 Å². The van der Waals surface area contributed by atoms with Crippen LogP contribution in [0.5, 0.6) is 5.75 Å². The molecule has 0 bridgehead atoms. The summed E-state index contributed by atoms with van der Waals surface area (Å²) in [6, 6.07) is 4.95. The summed E-state index contributed by atoms with van der Waals surface area (Å²) in [5.74, 6) is -0.00124. The van der Waals surface area contributed by atoms with Crippen LogP contribution in [-0.4, -0.2) is 48.0 Å². The van der Waals surface area contributed by atoms with E-state index < -0.39 is 12.0 Å². The predicted molar refractivity (Wildman–Crippen MR) is 83.5 cm³/mol. The molecule has 120 valence electrons. The van der Waals surface area contributed by atoms with Gasteiger partial charge in [0.15, 0.2) is 5.78 Å². The Kier molecular flexibility index (Phi) is 5.55. The molecule has 0 aliphatic carbocycles. The Bertz CT molecular complexity index is 556. The number of ketones is 1. The van der Waals surface area contributed by atoms with Crippen LogP contribution in [0.15, 0.2) is 18.2 Å². The van der Waals surface area contributed by atoms with Crippen LogP contribution in [0.2, 0.25) is 0 Å². The van der Waals surface area contributed by atoms with Crippen molar-refractivity contribution in [2.24, 2.45) is 0 Å². The highest BCUT2D eigenvalue weighted by Gasteiger charge is 2.28. The lowest BCUT2D eigenvalue weighted by Gasteiger charge is -2.32. The smallest absolute Gasteiger partial charge is 0.320 e. The molecule has 1 unspecified atom stereocenters. The first-order valence-electron chi connectivity index (χ1n) is 7.67. The number of rotatable bonds is 6. The highest BCUT2D eigenvalue weighted by molar-refractivity contribution is 5.97. The average molecular weight is 305 g/mol. The minimum atomic E-state index is -0.784. The lowest BCUT2D eigenvalue weighted by atomic mass is 9.99. The molecular formula is C17H23NO4. The number of methoxy groups -OCH3 is 1. The first-order valence-corrected chi connectivity index (χ1v) is 7.67. The number of ether oxygens (including phenoxy) is 1. The molecule has 0 aromatic heterocycles. The Balaban J connectivity index is 1.98. The molecule has 0 saturated carbocycles. The zero-order valence-corrected chi connectivity index (χ0v) is 13.2. The molecule has 1 aliphatic heterocycles. The Morgan fingerprint density at radius 1 is 1.36 bits per heavy atom. The third kappa shape index (κ3) is 3.85. The van der Waals surface area contributed by atoms with Crippen LogP contribution in [-0.2, 0) is 4.79 Å². The second-order valence-corrected chi connectivity index (χ2v) is 5.74. The van der Waals surface area contributed by atoms with E-state index in [1.807, 2.05) is 17.9 Å². The standard InChI is InChI=1S/C17H23NO4/c1-12-11-13(22-2)6-7-14(12)16(19)8-10-18-9-4-3-5-15(18)17(20)21/h6-7,11,15H,3-5,8-10H2,1-2H3,(H,20,21). The molecule has 5 heteroatoms. The van der Waals surface area contributed by atoms with Gasteiger partial charge >= 0.3 is 5.97 Å². The van der Waals surface area contributed by atoms with Gasteiger partial charge in [0.05, 0.1) is 7.11 Å². The van der Waals surface area contributed by atoms with E-state index in [0.717, 1.165) is 30.7 Å². The first kappa shape index (κ1) is 16.5. The summed E-state index contributed by atoms with van der Waals surface area (Å²) in [5, 5.41) is 9.25. The highest BCUT2D eigenvalue weighted by atomic mass is 16.5. The maximum Gasteiger partial charge on any atom is 0.320 e. The van der Waals surface area contributed by atoms with Crippen molar-refractivity contribution in [2.45, 2.75) is 38.6 Å². The van der Waals surface area contributed by atoms with Crippen LogP contribution in [0.3, 0.4) is 0 Å². The molecule has 0 amide bonds. The number of likely N-dealkylation sites (tertiary alicyclic amines) is 1. The van der Waals surface area contributed by atoms with Gasteiger partial charge in [-0.25, -0.2) is 0 Å². The molecule has 1 aromatic rings. The zero-order valence-electron chi connectivity index (χ0n) is 13.2. The number of benzene rings is 1. The fourth-order valence-electron chi connectivity index (χ4n) is 2.99. The predicted octanol–water partition coefficient (Wildman–Crippen LogP) is 2.52. The van der Waals surface area contributed by atoms with Gasteiger partial charge in [0, 0.05) is 18.5 Å². The lowest BCUT2D eigenvalue weighted by Crippen LogP contribution is -2.45. The molecule has 2 rings (SSSR count). The molecule has 1 aromatic carbocycles. The van der Waals surface area contributed by atoms with E-state index in [1.54, 1.807) is 19.2 Å².